The number of carbonyl (C=O) groups excluding carboxylic acids is 1. The van der Waals surface area contributed by atoms with Gasteiger partial charge in [0.2, 0.25) is 0 Å². The Balaban J connectivity index is 2.16. The van der Waals surface area contributed by atoms with Gasteiger partial charge in [-0.1, -0.05) is 12.1 Å². The Hall–Kier alpha value is -1.56. The number of rotatable bonds is 2. The maximum atomic E-state index is 12.4. The maximum Gasteiger partial charge on any atom is 0.416 e. The molecule has 98 valence electrons. The summed E-state index contributed by atoms with van der Waals surface area (Å²) in [5, 5.41) is 0. The predicted octanol–water partition coefficient (Wildman–Crippen LogP) is 2.06. The molecule has 2 N–H and O–H groups in total. The Morgan fingerprint density at radius 2 is 1.94 bits per heavy atom. The first-order valence-corrected chi connectivity index (χ1v) is 5.33. The summed E-state index contributed by atoms with van der Waals surface area (Å²) in [5.41, 5.74) is 4.62. The zero-order chi connectivity index (χ0) is 13.6. The van der Waals surface area contributed by atoms with Crippen molar-refractivity contribution in [2.75, 3.05) is 7.11 Å². The van der Waals surface area contributed by atoms with Crippen molar-refractivity contribution in [3.8, 4) is 0 Å². The van der Waals surface area contributed by atoms with E-state index in [2.05, 4.69) is 4.74 Å². The molecule has 2 unspecified atom stereocenters. The number of ether oxygens (including phenoxy) is 1. The minimum atomic E-state index is -4.36. The average Bonchev–Trinajstić information content (AvgIpc) is 3.01. The van der Waals surface area contributed by atoms with Crippen LogP contribution >= 0.6 is 0 Å². The summed E-state index contributed by atoms with van der Waals surface area (Å²) in [4.78, 5) is 11.4. The van der Waals surface area contributed by atoms with Crippen molar-refractivity contribution in [1.29, 1.82) is 0 Å². The lowest BCUT2D eigenvalue weighted by atomic mass is 10.0. The van der Waals surface area contributed by atoms with Gasteiger partial charge in [0.25, 0.3) is 0 Å². The van der Waals surface area contributed by atoms with E-state index in [-0.39, 0.29) is 5.92 Å². The van der Waals surface area contributed by atoms with E-state index in [1.807, 2.05) is 0 Å². The molecule has 1 fully saturated rings. The minimum Gasteiger partial charge on any atom is -0.468 e. The van der Waals surface area contributed by atoms with Gasteiger partial charge < -0.3 is 10.5 Å². The van der Waals surface area contributed by atoms with Gasteiger partial charge in [-0.15, -0.1) is 0 Å². The molecule has 1 aliphatic rings. The minimum absolute atomic E-state index is 0.271. The van der Waals surface area contributed by atoms with E-state index in [4.69, 9.17) is 5.73 Å². The maximum absolute atomic E-state index is 12.4. The molecule has 1 saturated carbocycles. The molecule has 0 bridgehead atoms. The first-order chi connectivity index (χ1) is 8.29. The summed E-state index contributed by atoms with van der Waals surface area (Å²) >= 11 is 0. The summed E-state index contributed by atoms with van der Waals surface area (Å²) in [7, 11) is 1.24. The van der Waals surface area contributed by atoms with E-state index in [9.17, 15) is 18.0 Å². The molecule has 0 aromatic heterocycles. The molecule has 1 aromatic carbocycles. The summed E-state index contributed by atoms with van der Waals surface area (Å²) < 4.78 is 41.7. The van der Waals surface area contributed by atoms with Crippen LogP contribution in [-0.2, 0) is 15.7 Å². The zero-order valence-electron chi connectivity index (χ0n) is 9.62. The van der Waals surface area contributed by atoms with Gasteiger partial charge in [-0.3, -0.25) is 4.79 Å². The summed E-state index contributed by atoms with van der Waals surface area (Å²) in [6, 6.07) is 4.69. The molecule has 0 heterocycles. The van der Waals surface area contributed by atoms with Crippen LogP contribution in [0.3, 0.4) is 0 Å². The lowest BCUT2D eigenvalue weighted by Gasteiger charge is -2.10. The number of alkyl halides is 3. The molecule has 3 nitrogen and oxygen atoms in total. The van der Waals surface area contributed by atoms with Crippen molar-refractivity contribution >= 4 is 5.97 Å². The first-order valence-electron chi connectivity index (χ1n) is 5.33. The third kappa shape index (κ3) is 2.08. The van der Waals surface area contributed by atoms with Crippen LogP contribution in [0.25, 0.3) is 0 Å². The Labute approximate surface area is 102 Å². The van der Waals surface area contributed by atoms with E-state index in [1.165, 1.54) is 19.2 Å². The number of hydrogen-bond donors (Lipinski definition) is 1. The molecule has 18 heavy (non-hydrogen) atoms. The fourth-order valence-corrected chi connectivity index (χ4v) is 2.01. The molecule has 6 heteroatoms. The zero-order valence-corrected chi connectivity index (χ0v) is 9.62. The van der Waals surface area contributed by atoms with Crippen LogP contribution in [0, 0.1) is 0 Å². The van der Waals surface area contributed by atoms with E-state index in [0.717, 1.165) is 12.1 Å². The smallest absolute Gasteiger partial charge is 0.416 e. The molecule has 0 amide bonds. The highest BCUT2D eigenvalue weighted by atomic mass is 19.4. The van der Waals surface area contributed by atoms with Crippen molar-refractivity contribution in [1.82, 2.24) is 0 Å². The number of methoxy groups -OCH3 is 1. The molecular weight excluding hydrogens is 247 g/mol. The number of benzene rings is 1. The molecule has 1 aliphatic carbocycles. The average molecular weight is 259 g/mol. The summed E-state index contributed by atoms with van der Waals surface area (Å²) in [6.45, 7) is 0. The Kier molecular flexibility index (Phi) is 2.85. The Morgan fingerprint density at radius 1 is 1.39 bits per heavy atom. The number of hydrogen-bond acceptors (Lipinski definition) is 3. The van der Waals surface area contributed by atoms with E-state index in [0.29, 0.717) is 12.0 Å². The largest absolute Gasteiger partial charge is 0.468 e. The predicted molar refractivity (Wildman–Crippen MR) is 57.7 cm³/mol. The van der Waals surface area contributed by atoms with Gasteiger partial charge in [0.1, 0.15) is 5.54 Å². The normalized spacial score (nSPS) is 26.8. The van der Waals surface area contributed by atoms with Gasteiger partial charge in [-0.05, 0) is 24.1 Å². The molecule has 2 rings (SSSR count). The lowest BCUT2D eigenvalue weighted by molar-refractivity contribution is -0.143. The fourth-order valence-electron chi connectivity index (χ4n) is 2.01. The number of nitrogens with two attached hydrogens (primary N) is 1. The van der Waals surface area contributed by atoms with Crippen molar-refractivity contribution < 1.29 is 22.7 Å². The van der Waals surface area contributed by atoms with Crippen LogP contribution in [0.4, 0.5) is 13.2 Å². The molecule has 0 aliphatic heterocycles. The molecule has 1 aromatic rings. The Bertz CT molecular complexity index is 469. The van der Waals surface area contributed by atoms with Crippen molar-refractivity contribution in [2.45, 2.75) is 24.1 Å². The van der Waals surface area contributed by atoms with Gasteiger partial charge in [0, 0.05) is 5.92 Å². The quantitative estimate of drug-likeness (QED) is 0.827. The highest BCUT2D eigenvalue weighted by Crippen LogP contribution is 2.50. The number of carbonyl (C=O) groups is 1. The van der Waals surface area contributed by atoms with E-state index in [1.54, 1.807) is 0 Å². The van der Waals surface area contributed by atoms with Crippen LogP contribution in [0.1, 0.15) is 23.5 Å². The monoisotopic (exact) mass is 259 g/mol. The standard InChI is InChI=1S/C12H12F3NO2/c1-18-10(17)11(16)6-9(11)7-2-4-8(5-3-7)12(13,14)15/h2-5,9H,6,16H2,1H3. The second-order valence-electron chi connectivity index (χ2n) is 4.41. The van der Waals surface area contributed by atoms with Gasteiger partial charge >= 0.3 is 12.1 Å². The van der Waals surface area contributed by atoms with Crippen LogP contribution in [0.15, 0.2) is 24.3 Å². The molecular formula is C12H12F3NO2. The number of halogens is 3. The van der Waals surface area contributed by atoms with E-state index < -0.39 is 23.2 Å². The molecule has 0 radical (unpaired) electrons. The number of esters is 1. The van der Waals surface area contributed by atoms with Gasteiger partial charge in [-0.2, -0.15) is 13.2 Å². The second-order valence-corrected chi connectivity index (χ2v) is 4.41. The Morgan fingerprint density at radius 3 is 2.39 bits per heavy atom. The van der Waals surface area contributed by atoms with Gasteiger partial charge in [0.15, 0.2) is 0 Å². The SMILES string of the molecule is COC(=O)C1(N)CC1c1ccc(C(F)(F)F)cc1. The van der Waals surface area contributed by atoms with Crippen LogP contribution < -0.4 is 5.73 Å². The summed E-state index contributed by atoms with van der Waals surface area (Å²) in [5.74, 6) is -0.806. The third-order valence-corrected chi connectivity index (χ3v) is 3.21. The highest BCUT2D eigenvalue weighted by Gasteiger charge is 2.58. The lowest BCUT2D eigenvalue weighted by Crippen LogP contribution is -2.35. The highest BCUT2D eigenvalue weighted by molar-refractivity contribution is 5.86. The molecule has 2 atom stereocenters. The molecule has 0 spiro atoms. The first kappa shape index (κ1) is 12.9. The van der Waals surface area contributed by atoms with Gasteiger partial charge in [-0.25, -0.2) is 0 Å². The molecule has 0 saturated heterocycles. The van der Waals surface area contributed by atoms with Crippen molar-refractivity contribution in [3.05, 3.63) is 35.4 Å². The van der Waals surface area contributed by atoms with Gasteiger partial charge in [0.05, 0.1) is 12.7 Å². The fraction of sp³-hybridized carbons (Fsp3) is 0.417. The second kappa shape index (κ2) is 3.98. The van der Waals surface area contributed by atoms with E-state index >= 15 is 0 Å². The summed E-state index contributed by atoms with van der Waals surface area (Å²) in [6.07, 6.45) is -3.96. The van der Waals surface area contributed by atoms with Crippen LogP contribution in [0.2, 0.25) is 0 Å². The topological polar surface area (TPSA) is 52.3 Å². The third-order valence-electron chi connectivity index (χ3n) is 3.21. The van der Waals surface area contributed by atoms with Crippen molar-refractivity contribution in [2.24, 2.45) is 5.73 Å². The van der Waals surface area contributed by atoms with Crippen molar-refractivity contribution in [3.63, 3.8) is 0 Å². The van der Waals surface area contributed by atoms with Crippen LogP contribution in [-0.4, -0.2) is 18.6 Å². The van der Waals surface area contributed by atoms with Crippen LogP contribution in [0.5, 0.6) is 0 Å².